The average molecular weight is 452 g/mol. The van der Waals surface area contributed by atoms with Gasteiger partial charge < -0.3 is 0 Å². The minimum absolute atomic E-state index is 0.219. The molecule has 0 spiro atoms. The second-order valence-electron chi connectivity index (χ2n) is 8.22. The van der Waals surface area contributed by atoms with Crippen molar-refractivity contribution >= 4 is 29.1 Å². The molecule has 2 atom stereocenters. The zero-order valence-electron chi connectivity index (χ0n) is 18.0. The quantitative estimate of drug-likeness (QED) is 0.516. The number of nitrogens with zero attached hydrogens (tertiary/aromatic N) is 1. The molecule has 0 bridgehead atoms. The van der Waals surface area contributed by atoms with Crippen LogP contribution >= 0.6 is 7.26 Å². The van der Waals surface area contributed by atoms with E-state index < -0.39 is 25.7 Å². The molecule has 0 amide bonds. The van der Waals surface area contributed by atoms with Crippen LogP contribution < -0.4 is 15.9 Å². The molecule has 0 aliphatic carbocycles. The van der Waals surface area contributed by atoms with E-state index in [1.807, 2.05) is 18.2 Å². The van der Waals surface area contributed by atoms with Crippen LogP contribution in [0.2, 0.25) is 0 Å². The van der Waals surface area contributed by atoms with Gasteiger partial charge in [0.2, 0.25) is 0 Å². The Kier molecular flexibility index (Phi) is 7.33. The number of hydrogen-bond donors (Lipinski definition) is 2. The minimum atomic E-state index is -2.38. The molecule has 168 valence electrons. The Bertz CT molecular complexity index is 893. The van der Waals surface area contributed by atoms with Crippen molar-refractivity contribution in [1.29, 1.82) is 0 Å². The normalized spacial score (nSPS) is 19.6. The summed E-state index contributed by atoms with van der Waals surface area (Å²) in [5.74, 6) is -0.429. The first-order valence-corrected chi connectivity index (χ1v) is 13.3. The summed E-state index contributed by atoms with van der Waals surface area (Å²) in [5.41, 5.74) is 0. The number of benzene rings is 3. The number of hydrogen-bond acceptors (Lipinski definition) is 5. The van der Waals surface area contributed by atoms with Crippen LogP contribution in [0, 0.1) is 0 Å². The van der Waals surface area contributed by atoms with E-state index in [4.69, 9.17) is 4.84 Å². The number of aliphatic hydroxyl groups is 2. The second-order valence-corrected chi connectivity index (χ2v) is 12.3. The maximum absolute atomic E-state index is 12.5. The summed E-state index contributed by atoms with van der Waals surface area (Å²) in [6, 6.07) is 31.7. The fraction of sp³-hybridized carbons (Fsp3) is 0.269. The van der Waals surface area contributed by atoms with E-state index in [0.29, 0.717) is 19.3 Å². The van der Waals surface area contributed by atoms with Gasteiger partial charge >= 0.3 is 189 Å². The van der Waals surface area contributed by atoms with Gasteiger partial charge in [0.15, 0.2) is 0 Å². The van der Waals surface area contributed by atoms with E-state index in [2.05, 4.69) is 72.8 Å². The summed E-state index contributed by atoms with van der Waals surface area (Å²) in [6.07, 6.45) is 0.591. The summed E-state index contributed by atoms with van der Waals surface area (Å²) in [6.45, 7) is 0. The first-order valence-electron chi connectivity index (χ1n) is 11.1. The number of rotatable bonds is 8. The molecule has 2 unspecified atom stereocenters. The predicted octanol–water partition coefficient (Wildman–Crippen LogP) is 2.68. The van der Waals surface area contributed by atoms with Gasteiger partial charge in [-0.2, -0.15) is 0 Å². The van der Waals surface area contributed by atoms with Crippen LogP contribution in [0.1, 0.15) is 25.7 Å². The second kappa shape index (κ2) is 10.4. The van der Waals surface area contributed by atoms with Crippen molar-refractivity contribution in [3.63, 3.8) is 0 Å². The van der Waals surface area contributed by atoms with Crippen molar-refractivity contribution in [2.75, 3.05) is 6.16 Å². The molecular weight excluding hydrogens is 421 g/mol. The van der Waals surface area contributed by atoms with Crippen LogP contribution in [0.25, 0.3) is 0 Å². The Balaban J connectivity index is 1.61. The van der Waals surface area contributed by atoms with Crippen LogP contribution in [0.15, 0.2) is 91.0 Å². The fourth-order valence-corrected chi connectivity index (χ4v) is 9.49. The summed E-state index contributed by atoms with van der Waals surface area (Å²) in [5, 5.41) is 24.7. The van der Waals surface area contributed by atoms with Crippen LogP contribution in [0.3, 0.4) is 0 Å². The number of aliphatic hydroxyl groups excluding tert-OH is 2. The molecule has 1 fully saturated rings. The van der Waals surface area contributed by atoms with Crippen LogP contribution in [-0.2, 0) is 9.63 Å². The standard InChI is InChI=1S/C26H30NO4P/c28-24-18-19-25(29)27(24)31-26(30)17-10-20-32(21-11-4-1-5-12-21,22-13-6-2-7-14-22)23-15-8-3-9-16-23/h1-9,11-16,24-25,28-29,32H,10,17-20H2. The van der Waals surface area contributed by atoms with E-state index >= 15 is 0 Å². The number of carbonyl (C=O) groups is 1. The molecule has 32 heavy (non-hydrogen) atoms. The van der Waals surface area contributed by atoms with Gasteiger partial charge in [-0.3, -0.25) is 0 Å². The summed E-state index contributed by atoms with van der Waals surface area (Å²) >= 11 is 0. The Morgan fingerprint density at radius 3 is 1.59 bits per heavy atom. The molecule has 3 aromatic carbocycles. The van der Waals surface area contributed by atoms with Crippen LogP contribution in [0.4, 0.5) is 0 Å². The Morgan fingerprint density at radius 2 is 1.19 bits per heavy atom. The topological polar surface area (TPSA) is 70.0 Å². The van der Waals surface area contributed by atoms with Crippen molar-refractivity contribution in [1.82, 2.24) is 5.06 Å². The molecule has 4 rings (SSSR count). The molecule has 2 N–H and O–H groups in total. The average Bonchev–Trinajstić information content (AvgIpc) is 3.16. The van der Waals surface area contributed by atoms with E-state index in [0.717, 1.165) is 11.2 Å². The first-order chi connectivity index (χ1) is 15.6. The van der Waals surface area contributed by atoms with Crippen molar-refractivity contribution < 1.29 is 19.8 Å². The molecule has 1 aliphatic rings. The van der Waals surface area contributed by atoms with E-state index in [9.17, 15) is 15.0 Å². The summed E-state index contributed by atoms with van der Waals surface area (Å²) in [4.78, 5) is 17.8. The van der Waals surface area contributed by atoms with Gasteiger partial charge in [-0.15, -0.1) is 0 Å². The SMILES string of the molecule is O=C(CCC[PH](c1ccccc1)(c1ccccc1)c1ccccc1)ON1C(O)CCC1O. The molecule has 1 heterocycles. The van der Waals surface area contributed by atoms with Crippen LogP contribution in [0.5, 0.6) is 0 Å². The van der Waals surface area contributed by atoms with Gasteiger partial charge in [0.1, 0.15) is 0 Å². The Morgan fingerprint density at radius 1 is 0.781 bits per heavy atom. The summed E-state index contributed by atoms with van der Waals surface area (Å²) in [7, 11) is -2.38. The molecule has 5 nitrogen and oxygen atoms in total. The van der Waals surface area contributed by atoms with Gasteiger partial charge in [0.05, 0.1) is 0 Å². The molecular formula is C26H30NO4P. The number of carbonyl (C=O) groups excluding carboxylic acids is 1. The zero-order valence-corrected chi connectivity index (χ0v) is 19.0. The maximum atomic E-state index is 12.5. The third-order valence-corrected chi connectivity index (χ3v) is 11.3. The molecule has 0 aromatic heterocycles. The van der Waals surface area contributed by atoms with E-state index in [-0.39, 0.29) is 6.42 Å². The monoisotopic (exact) mass is 451 g/mol. The van der Waals surface area contributed by atoms with Crippen molar-refractivity contribution in [2.24, 2.45) is 0 Å². The Hall–Kier alpha value is -2.56. The summed E-state index contributed by atoms with van der Waals surface area (Å²) < 4.78 is 0. The van der Waals surface area contributed by atoms with E-state index in [1.54, 1.807) is 0 Å². The van der Waals surface area contributed by atoms with Crippen molar-refractivity contribution in [3.8, 4) is 0 Å². The molecule has 6 heteroatoms. The van der Waals surface area contributed by atoms with Crippen molar-refractivity contribution in [2.45, 2.75) is 38.1 Å². The molecule has 3 aromatic rings. The number of hydroxylamine groups is 2. The molecule has 1 aliphatic heterocycles. The molecule has 1 saturated heterocycles. The fourth-order valence-electron chi connectivity index (χ4n) is 4.64. The van der Waals surface area contributed by atoms with Gasteiger partial charge in [-0.25, -0.2) is 0 Å². The zero-order chi connectivity index (χ0) is 22.4. The molecule has 0 saturated carbocycles. The van der Waals surface area contributed by atoms with Gasteiger partial charge in [0, 0.05) is 0 Å². The van der Waals surface area contributed by atoms with Crippen LogP contribution in [-0.4, -0.2) is 39.9 Å². The van der Waals surface area contributed by atoms with Gasteiger partial charge in [-0.1, -0.05) is 0 Å². The third-order valence-electron chi connectivity index (χ3n) is 6.21. The third kappa shape index (κ3) is 4.77. The van der Waals surface area contributed by atoms with Gasteiger partial charge in [0.25, 0.3) is 0 Å². The van der Waals surface area contributed by atoms with Crippen molar-refractivity contribution in [3.05, 3.63) is 91.0 Å². The van der Waals surface area contributed by atoms with E-state index in [1.165, 1.54) is 15.9 Å². The predicted molar refractivity (Wildman–Crippen MR) is 130 cm³/mol. The first kappa shape index (κ1) is 22.6. The van der Waals surface area contributed by atoms with Gasteiger partial charge in [-0.05, 0) is 0 Å². The Labute approximate surface area is 189 Å². The molecule has 0 radical (unpaired) electrons.